The number of aliphatic imine (C=N–C) groups is 1. The molecule has 0 saturated carbocycles. The second-order valence-electron chi connectivity index (χ2n) is 4.89. The van der Waals surface area contributed by atoms with Crippen molar-refractivity contribution in [3.63, 3.8) is 0 Å². The lowest BCUT2D eigenvalue weighted by Crippen LogP contribution is -2.02. The first kappa shape index (κ1) is 16.4. The summed E-state index contributed by atoms with van der Waals surface area (Å²) in [5, 5.41) is 0. The summed E-state index contributed by atoms with van der Waals surface area (Å²) >= 11 is 2.23. The molecule has 0 amide bonds. The van der Waals surface area contributed by atoms with Crippen molar-refractivity contribution in [3.05, 3.63) is 63.9 Å². The van der Waals surface area contributed by atoms with Crippen molar-refractivity contribution in [3.8, 4) is 17.4 Å². The van der Waals surface area contributed by atoms with Gasteiger partial charge in [0.2, 0.25) is 5.89 Å². The molecule has 0 bridgehead atoms. The van der Waals surface area contributed by atoms with Crippen LogP contribution < -0.4 is 4.74 Å². The van der Waals surface area contributed by atoms with Crippen molar-refractivity contribution in [1.29, 1.82) is 0 Å². The van der Waals surface area contributed by atoms with Crippen LogP contribution in [0.1, 0.15) is 12.6 Å². The SMILES string of the molecule is CC(=O)Oc1oc(-c2ccccc2)nc1C=Nc1ccc(I)cc1. The number of aromatic nitrogens is 1. The van der Waals surface area contributed by atoms with Gasteiger partial charge in [-0.1, -0.05) is 18.2 Å². The number of halogens is 1. The fraction of sp³-hybridized carbons (Fsp3) is 0.0556. The van der Waals surface area contributed by atoms with Crippen LogP contribution in [0, 0.1) is 3.57 Å². The summed E-state index contributed by atoms with van der Waals surface area (Å²) in [4.78, 5) is 20.0. The van der Waals surface area contributed by atoms with Gasteiger partial charge >= 0.3 is 11.9 Å². The minimum absolute atomic E-state index is 0.0376. The maximum absolute atomic E-state index is 11.3. The van der Waals surface area contributed by atoms with Crippen molar-refractivity contribution in [2.24, 2.45) is 4.99 Å². The summed E-state index contributed by atoms with van der Waals surface area (Å²) in [6.45, 7) is 1.31. The Morgan fingerprint density at radius 3 is 2.54 bits per heavy atom. The van der Waals surface area contributed by atoms with Crippen LogP contribution in [0.3, 0.4) is 0 Å². The zero-order valence-electron chi connectivity index (χ0n) is 12.8. The first-order valence-corrected chi connectivity index (χ1v) is 8.24. The van der Waals surface area contributed by atoms with Gasteiger partial charge in [0.05, 0.1) is 11.9 Å². The number of esters is 1. The van der Waals surface area contributed by atoms with Crippen LogP contribution in [0.5, 0.6) is 5.95 Å². The number of hydrogen-bond donors (Lipinski definition) is 0. The molecule has 120 valence electrons. The highest BCUT2D eigenvalue weighted by Gasteiger charge is 2.16. The highest BCUT2D eigenvalue weighted by atomic mass is 127. The van der Waals surface area contributed by atoms with Crippen molar-refractivity contribution in [2.75, 3.05) is 0 Å². The Balaban J connectivity index is 1.94. The molecular weight excluding hydrogens is 419 g/mol. The lowest BCUT2D eigenvalue weighted by atomic mass is 10.2. The number of nitrogens with zero attached hydrogens (tertiary/aromatic N) is 2. The van der Waals surface area contributed by atoms with Gasteiger partial charge in [-0.05, 0) is 59.0 Å². The molecule has 3 aromatic rings. The Morgan fingerprint density at radius 1 is 1.17 bits per heavy atom. The van der Waals surface area contributed by atoms with Gasteiger partial charge in [0.15, 0.2) is 5.69 Å². The Morgan fingerprint density at radius 2 is 1.88 bits per heavy atom. The zero-order valence-corrected chi connectivity index (χ0v) is 14.9. The number of ether oxygens (including phenoxy) is 1. The second kappa shape index (κ2) is 7.39. The van der Waals surface area contributed by atoms with Crippen molar-refractivity contribution in [2.45, 2.75) is 6.92 Å². The lowest BCUT2D eigenvalue weighted by molar-refractivity contribution is -0.133. The third-order valence-corrected chi connectivity index (χ3v) is 3.76. The standard InChI is InChI=1S/C18H13IN2O3/c1-12(22)23-18-16(11-20-15-9-7-14(19)8-10-15)21-17(24-18)13-5-3-2-4-6-13/h2-11H,1H3. The van der Waals surface area contributed by atoms with Gasteiger partial charge in [0, 0.05) is 16.1 Å². The molecule has 0 aliphatic rings. The molecule has 0 radical (unpaired) electrons. The molecule has 2 aromatic carbocycles. The summed E-state index contributed by atoms with van der Waals surface area (Å²) in [6, 6.07) is 17.1. The van der Waals surface area contributed by atoms with Crippen molar-refractivity contribution >= 4 is 40.5 Å². The number of carbonyl (C=O) groups is 1. The maximum Gasteiger partial charge on any atom is 0.322 e. The van der Waals surface area contributed by atoms with Crippen LogP contribution in [-0.2, 0) is 4.79 Å². The molecular formula is C18H13IN2O3. The predicted molar refractivity (Wildman–Crippen MR) is 99.7 cm³/mol. The van der Waals surface area contributed by atoms with Crippen LogP contribution in [-0.4, -0.2) is 17.2 Å². The largest absolute Gasteiger partial charge is 0.405 e. The van der Waals surface area contributed by atoms with E-state index < -0.39 is 5.97 Å². The van der Waals surface area contributed by atoms with Gasteiger partial charge in [-0.3, -0.25) is 9.79 Å². The van der Waals surface area contributed by atoms with Gasteiger partial charge in [0.1, 0.15) is 0 Å². The molecule has 0 saturated heterocycles. The Bertz CT molecular complexity index is 871. The Labute approximate surface area is 152 Å². The molecule has 0 fully saturated rings. The normalized spacial score (nSPS) is 10.9. The quantitative estimate of drug-likeness (QED) is 0.343. The molecule has 0 atom stereocenters. The highest BCUT2D eigenvalue weighted by Crippen LogP contribution is 2.27. The third kappa shape index (κ3) is 4.08. The van der Waals surface area contributed by atoms with E-state index in [-0.39, 0.29) is 5.95 Å². The van der Waals surface area contributed by atoms with E-state index in [0.29, 0.717) is 11.6 Å². The Hall–Kier alpha value is -2.48. The lowest BCUT2D eigenvalue weighted by Gasteiger charge is -1.96. The summed E-state index contributed by atoms with van der Waals surface area (Å²) in [6.07, 6.45) is 1.52. The van der Waals surface area contributed by atoms with Gasteiger partial charge in [-0.2, -0.15) is 0 Å². The average Bonchev–Trinajstić information content (AvgIpc) is 2.97. The maximum atomic E-state index is 11.3. The second-order valence-corrected chi connectivity index (χ2v) is 6.13. The predicted octanol–water partition coefficient (Wildman–Crippen LogP) is 4.62. The monoisotopic (exact) mass is 432 g/mol. The summed E-state index contributed by atoms with van der Waals surface area (Å²) < 4.78 is 11.8. The van der Waals surface area contributed by atoms with E-state index in [2.05, 4.69) is 32.6 Å². The van der Waals surface area contributed by atoms with Crippen LogP contribution in [0.15, 0.2) is 64.0 Å². The topological polar surface area (TPSA) is 64.7 Å². The molecule has 0 N–H and O–H groups in total. The third-order valence-electron chi connectivity index (χ3n) is 3.04. The number of rotatable bonds is 4. The summed E-state index contributed by atoms with van der Waals surface area (Å²) in [5.74, 6) is -0.0683. The van der Waals surface area contributed by atoms with Gasteiger partial charge in [0.25, 0.3) is 0 Å². The Kier molecular flexibility index (Phi) is 5.05. The molecule has 0 unspecified atom stereocenters. The van der Waals surface area contributed by atoms with E-state index in [1.165, 1.54) is 13.1 Å². The molecule has 1 aromatic heterocycles. The molecule has 6 heteroatoms. The van der Waals surface area contributed by atoms with E-state index >= 15 is 0 Å². The van der Waals surface area contributed by atoms with Crippen molar-refractivity contribution < 1.29 is 13.9 Å². The van der Waals surface area contributed by atoms with E-state index in [9.17, 15) is 4.79 Å². The van der Waals surface area contributed by atoms with E-state index in [1.54, 1.807) is 0 Å². The van der Waals surface area contributed by atoms with E-state index in [4.69, 9.17) is 9.15 Å². The first-order valence-electron chi connectivity index (χ1n) is 7.16. The molecule has 0 aliphatic heterocycles. The summed E-state index contributed by atoms with van der Waals surface area (Å²) in [5.41, 5.74) is 1.93. The minimum Gasteiger partial charge on any atom is -0.405 e. The number of hydrogen-bond acceptors (Lipinski definition) is 5. The smallest absolute Gasteiger partial charge is 0.322 e. The minimum atomic E-state index is -0.477. The van der Waals surface area contributed by atoms with E-state index in [1.807, 2.05) is 54.6 Å². The molecule has 1 heterocycles. The van der Waals surface area contributed by atoms with Gasteiger partial charge in [-0.15, -0.1) is 0 Å². The van der Waals surface area contributed by atoms with Gasteiger partial charge < -0.3 is 9.15 Å². The zero-order chi connectivity index (χ0) is 16.9. The van der Waals surface area contributed by atoms with Crippen molar-refractivity contribution in [1.82, 2.24) is 4.98 Å². The average molecular weight is 432 g/mol. The highest BCUT2D eigenvalue weighted by molar-refractivity contribution is 14.1. The molecule has 0 aliphatic carbocycles. The molecule has 24 heavy (non-hydrogen) atoms. The first-order chi connectivity index (χ1) is 11.6. The van der Waals surface area contributed by atoms with Crippen LogP contribution >= 0.6 is 22.6 Å². The molecule has 5 nitrogen and oxygen atoms in total. The van der Waals surface area contributed by atoms with E-state index in [0.717, 1.165) is 14.8 Å². The van der Waals surface area contributed by atoms with Crippen LogP contribution in [0.4, 0.5) is 5.69 Å². The fourth-order valence-corrected chi connectivity index (χ4v) is 2.33. The number of benzene rings is 2. The van der Waals surface area contributed by atoms with Crippen LogP contribution in [0.25, 0.3) is 11.5 Å². The van der Waals surface area contributed by atoms with Gasteiger partial charge in [-0.25, -0.2) is 4.98 Å². The van der Waals surface area contributed by atoms with Crippen LogP contribution in [0.2, 0.25) is 0 Å². The number of oxazole rings is 1. The number of carbonyl (C=O) groups excluding carboxylic acids is 1. The summed E-state index contributed by atoms with van der Waals surface area (Å²) in [7, 11) is 0. The fourth-order valence-electron chi connectivity index (χ4n) is 1.97. The molecule has 3 rings (SSSR count). The molecule has 0 spiro atoms.